The van der Waals surface area contributed by atoms with E-state index in [1.807, 2.05) is 5.38 Å². The molecule has 0 bridgehead atoms. The summed E-state index contributed by atoms with van der Waals surface area (Å²) in [7, 11) is 0. The molecule has 0 aromatic carbocycles. The molecule has 2 fully saturated rings. The van der Waals surface area contributed by atoms with Gasteiger partial charge in [0.2, 0.25) is 5.88 Å². The van der Waals surface area contributed by atoms with Gasteiger partial charge < -0.3 is 10.1 Å². The normalized spacial score (nSPS) is 26.7. The Bertz CT molecular complexity index is 316. The van der Waals surface area contributed by atoms with Gasteiger partial charge in [0.15, 0.2) is 0 Å². The number of hydrogen-bond donors (Lipinski definition) is 1. The number of hydrogen-bond acceptors (Lipinski definition) is 4. The molecule has 76 valence electrons. The van der Waals surface area contributed by atoms with Crippen LogP contribution in [0.2, 0.25) is 0 Å². The predicted octanol–water partition coefficient (Wildman–Crippen LogP) is 1.76. The average Bonchev–Trinajstić information content (AvgIpc) is 2.75. The van der Waals surface area contributed by atoms with E-state index in [1.54, 1.807) is 11.3 Å². The lowest BCUT2D eigenvalue weighted by atomic mass is 10.3. The summed E-state index contributed by atoms with van der Waals surface area (Å²) < 4.78 is 5.77. The third-order valence-corrected chi connectivity index (χ3v) is 3.72. The van der Waals surface area contributed by atoms with E-state index in [-0.39, 0.29) is 0 Å². The summed E-state index contributed by atoms with van der Waals surface area (Å²) in [5, 5.41) is 6.60. The van der Waals surface area contributed by atoms with Gasteiger partial charge in [0.25, 0.3) is 0 Å². The van der Waals surface area contributed by atoms with Crippen LogP contribution in [-0.2, 0) is 0 Å². The first-order valence-electron chi connectivity index (χ1n) is 5.24. The molecule has 1 unspecified atom stereocenters. The SMILES string of the molecule is c1sc(C2CC2)nc1OC1CCNC1. The lowest BCUT2D eigenvalue weighted by molar-refractivity contribution is 0.215. The molecule has 1 saturated heterocycles. The molecule has 1 aromatic rings. The molecule has 0 spiro atoms. The first-order valence-corrected chi connectivity index (χ1v) is 6.12. The largest absolute Gasteiger partial charge is 0.472 e. The summed E-state index contributed by atoms with van der Waals surface area (Å²) in [6, 6.07) is 0. The quantitative estimate of drug-likeness (QED) is 0.825. The second-order valence-electron chi connectivity index (χ2n) is 4.03. The number of rotatable bonds is 3. The summed E-state index contributed by atoms with van der Waals surface area (Å²) in [5.41, 5.74) is 0. The van der Waals surface area contributed by atoms with Crippen molar-refractivity contribution in [2.75, 3.05) is 13.1 Å². The monoisotopic (exact) mass is 210 g/mol. The Hall–Kier alpha value is -0.610. The highest BCUT2D eigenvalue weighted by molar-refractivity contribution is 7.09. The molecule has 2 heterocycles. The smallest absolute Gasteiger partial charge is 0.224 e. The first-order chi connectivity index (χ1) is 6.92. The molecule has 0 amide bonds. The van der Waals surface area contributed by atoms with E-state index in [0.29, 0.717) is 6.10 Å². The molecule has 1 saturated carbocycles. The molecule has 1 aliphatic heterocycles. The van der Waals surface area contributed by atoms with Gasteiger partial charge >= 0.3 is 0 Å². The van der Waals surface area contributed by atoms with Crippen molar-refractivity contribution < 1.29 is 4.74 Å². The molecule has 3 rings (SSSR count). The lowest BCUT2D eigenvalue weighted by Crippen LogP contribution is -2.19. The number of ether oxygens (including phenoxy) is 1. The summed E-state index contributed by atoms with van der Waals surface area (Å²) >= 11 is 1.75. The van der Waals surface area contributed by atoms with Crippen molar-refractivity contribution >= 4 is 11.3 Å². The van der Waals surface area contributed by atoms with Crippen LogP contribution in [-0.4, -0.2) is 24.2 Å². The molecule has 0 radical (unpaired) electrons. The minimum absolute atomic E-state index is 0.337. The second-order valence-corrected chi connectivity index (χ2v) is 4.92. The van der Waals surface area contributed by atoms with Gasteiger partial charge in [0.1, 0.15) is 6.10 Å². The minimum atomic E-state index is 0.337. The van der Waals surface area contributed by atoms with Crippen LogP contribution in [0.25, 0.3) is 0 Å². The van der Waals surface area contributed by atoms with Crippen LogP contribution >= 0.6 is 11.3 Å². The Balaban J connectivity index is 1.64. The van der Waals surface area contributed by atoms with E-state index < -0.39 is 0 Å². The zero-order valence-electron chi connectivity index (χ0n) is 8.03. The lowest BCUT2D eigenvalue weighted by Gasteiger charge is -2.08. The molecule has 1 aliphatic carbocycles. The van der Waals surface area contributed by atoms with Crippen molar-refractivity contribution in [1.82, 2.24) is 10.3 Å². The van der Waals surface area contributed by atoms with Crippen LogP contribution in [0.1, 0.15) is 30.2 Å². The third kappa shape index (κ3) is 1.77. The number of aromatic nitrogens is 1. The topological polar surface area (TPSA) is 34.1 Å². The molecular formula is C10H14N2OS. The van der Waals surface area contributed by atoms with Gasteiger partial charge in [-0.05, 0) is 25.8 Å². The maximum absolute atomic E-state index is 5.77. The van der Waals surface area contributed by atoms with Crippen LogP contribution in [0, 0.1) is 0 Å². The Morgan fingerprint density at radius 2 is 2.36 bits per heavy atom. The van der Waals surface area contributed by atoms with Crippen LogP contribution in [0.3, 0.4) is 0 Å². The Morgan fingerprint density at radius 1 is 1.43 bits per heavy atom. The number of thiazole rings is 1. The number of nitrogens with one attached hydrogen (secondary N) is 1. The van der Waals surface area contributed by atoms with Crippen molar-refractivity contribution in [2.24, 2.45) is 0 Å². The van der Waals surface area contributed by atoms with Gasteiger partial charge in [-0.15, -0.1) is 11.3 Å². The van der Waals surface area contributed by atoms with Crippen molar-refractivity contribution in [1.29, 1.82) is 0 Å². The molecule has 1 aromatic heterocycles. The van der Waals surface area contributed by atoms with E-state index in [4.69, 9.17) is 4.74 Å². The van der Waals surface area contributed by atoms with Crippen molar-refractivity contribution in [3.05, 3.63) is 10.4 Å². The van der Waals surface area contributed by atoms with Gasteiger partial charge in [0, 0.05) is 12.5 Å². The van der Waals surface area contributed by atoms with E-state index >= 15 is 0 Å². The fourth-order valence-electron chi connectivity index (χ4n) is 1.74. The van der Waals surface area contributed by atoms with Crippen LogP contribution in [0.15, 0.2) is 5.38 Å². The van der Waals surface area contributed by atoms with Crippen molar-refractivity contribution in [3.8, 4) is 5.88 Å². The summed E-state index contributed by atoms with van der Waals surface area (Å²) in [5.74, 6) is 1.59. The molecule has 1 N–H and O–H groups in total. The maximum Gasteiger partial charge on any atom is 0.224 e. The average molecular weight is 210 g/mol. The van der Waals surface area contributed by atoms with E-state index in [1.165, 1.54) is 17.8 Å². The minimum Gasteiger partial charge on any atom is -0.472 e. The van der Waals surface area contributed by atoms with Gasteiger partial charge in [0.05, 0.1) is 10.4 Å². The van der Waals surface area contributed by atoms with Gasteiger partial charge in [-0.3, -0.25) is 0 Å². The summed E-state index contributed by atoms with van der Waals surface area (Å²) in [6.45, 7) is 2.04. The van der Waals surface area contributed by atoms with Crippen molar-refractivity contribution in [2.45, 2.75) is 31.3 Å². The van der Waals surface area contributed by atoms with Crippen LogP contribution in [0.5, 0.6) is 5.88 Å². The Morgan fingerprint density at radius 3 is 3.07 bits per heavy atom. The fourth-order valence-corrected chi connectivity index (χ4v) is 2.64. The maximum atomic E-state index is 5.77. The highest BCUT2D eigenvalue weighted by Crippen LogP contribution is 2.42. The zero-order chi connectivity index (χ0) is 9.38. The Labute approximate surface area is 87.5 Å². The zero-order valence-corrected chi connectivity index (χ0v) is 8.85. The molecular weight excluding hydrogens is 196 g/mol. The van der Waals surface area contributed by atoms with E-state index in [0.717, 1.165) is 31.3 Å². The second kappa shape index (κ2) is 3.51. The molecule has 4 heteroatoms. The Kier molecular flexibility index (Phi) is 2.18. The van der Waals surface area contributed by atoms with Gasteiger partial charge in [-0.25, -0.2) is 4.98 Å². The van der Waals surface area contributed by atoms with Crippen LogP contribution in [0.4, 0.5) is 0 Å². The van der Waals surface area contributed by atoms with Crippen LogP contribution < -0.4 is 10.1 Å². The molecule has 3 nitrogen and oxygen atoms in total. The van der Waals surface area contributed by atoms with E-state index in [2.05, 4.69) is 10.3 Å². The summed E-state index contributed by atoms with van der Waals surface area (Å²) in [6.07, 6.45) is 4.08. The van der Waals surface area contributed by atoms with Gasteiger partial charge in [-0.1, -0.05) is 0 Å². The predicted molar refractivity (Wildman–Crippen MR) is 56.0 cm³/mol. The van der Waals surface area contributed by atoms with E-state index in [9.17, 15) is 0 Å². The highest BCUT2D eigenvalue weighted by atomic mass is 32.1. The summed E-state index contributed by atoms with van der Waals surface area (Å²) in [4.78, 5) is 4.50. The number of nitrogens with zero attached hydrogens (tertiary/aromatic N) is 1. The first kappa shape index (κ1) is 8.68. The highest BCUT2D eigenvalue weighted by Gasteiger charge is 2.27. The third-order valence-electron chi connectivity index (χ3n) is 2.73. The van der Waals surface area contributed by atoms with Crippen molar-refractivity contribution in [3.63, 3.8) is 0 Å². The standard InChI is InChI=1S/C10H14N2OS/c1-2-7(1)10-12-9(6-14-10)13-8-3-4-11-5-8/h6-8,11H,1-5H2. The van der Waals surface area contributed by atoms with Gasteiger partial charge in [-0.2, -0.15) is 0 Å². The molecule has 14 heavy (non-hydrogen) atoms. The molecule has 1 atom stereocenters. The molecule has 2 aliphatic rings. The fraction of sp³-hybridized carbons (Fsp3) is 0.700.